The number of carbonyl (C=O) groups is 1. The number of carbonyl (C=O) groups excluding carboxylic acids is 1. The lowest BCUT2D eigenvalue weighted by Gasteiger charge is -2.37. The topological polar surface area (TPSA) is 26.8 Å². The first kappa shape index (κ1) is 18.4. The molecule has 0 saturated carbocycles. The van der Waals surface area contributed by atoms with E-state index in [1.165, 1.54) is 43.2 Å². The van der Waals surface area contributed by atoms with Gasteiger partial charge in [-0.25, -0.2) is 0 Å². The lowest BCUT2D eigenvalue weighted by Crippen LogP contribution is -2.48. The van der Waals surface area contributed by atoms with Crippen molar-refractivity contribution in [3.05, 3.63) is 35.4 Å². The van der Waals surface area contributed by atoms with Crippen LogP contribution in [0, 0.1) is 0 Å². The highest BCUT2D eigenvalue weighted by Crippen LogP contribution is 2.22. The Balaban J connectivity index is 1.52. The molecule has 0 aromatic heterocycles. The summed E-state index contributed by atoms with van der Waals surface area (Å²) in [6, 6.07) is 9.11. The molecule has 1 aromatic rings. The molecule has 1 saturated heterocycles. The molecule has 0 N–H and O–H groups in total. The van der Waals surface area contributed by atoms with Gasteiger partial charge in [0.05, 0.1) is 6.54 Å². The number of rotatable bonds is 4. The average molecular weight is 344 g/mol. The fraction of sp³-hybridized carbons (Fsp3) is 0.667. The summed E-state index contributed by atoms with van der Waals surface area (Å²) in [5.74, 6) is 0.271. The molecule has 1 aromatic carbocycles. The van der Waals surface area contributed by atoms with E-state index in [4.69, 9.17) is 0 Å². The SMILES string of the molecule is CN(C[C@H]1Cc2ccccc2CN1C)C(=O)CN1CCCCCCC1. The molecule has 4 heteroatoms. The number of hydrogen-bond acceptors (Lipinski definition) is 3. The summed E-state index contributed by atoms with van der Waals surface area (Å²) < 4.78 is 0. The van der Waals surface area contributed by atoms with Gasteiger partial charge in [-0.2, -0.15) is 0 Å². The number of nitrogens with zero attached hydrogens (tertiary/aromatic N) is 3. The van der Waals surface area contributed by atoms with Crippen LogP contribution in [0.1, 0.15) is 43.2 Å². The standard InChI is InChI=1S/C21H33N3O/c1-22-15-19-11-7-6-10-18(19)14-20(22)16-23(2)21(25)17-24-12-8-4-3-5-9-13-24/h6-7,10-11,20H,3-5,8-9,12-17H2,1-2H3/t20-/m1/s1. The van der Waals surface area contributed by atoms with Gasteiger partial charge >= 0.3 is 0 Å². The Labute approximate surface area is 152 Å². The minimum atomic E-state index is 0.271. The maximum Gasteiger partial charge on any atom is 0.236 e. The van der Waals surface area contributed by atoms with Crippen LogP contribution < -0.4 is 0 Å². The predicted molar refractivity (Wildman–Crippen MR) is 103 cm³/mol. The fourth-order valence-corrected chi connectivity index (χ4v) is 4.12. The second kappa shape index (κ2) is 8.81. The van der Waals surface area contributed by atoms with Crippen molar-refractivity contribution < 1.29 is 4.79 Å². The summed E-state index contributed by atoms with van der Waals surface area (Å²) in [6.07, 6.45) is 7.49. The van der Waals surface area contributed by atoms with Crippen LogP contribution in [0.2, 0.25) is 0 Å². The van der Waals surface area contributed by atoms with Crippen LogP contribution >= 0.6 is 0 Å². The monoisotopic (exact) mass is 343 g/mol. The highest BCUT2D eigenvalue weighted by molar-refractivity contribution is 5.78. The van der Waals surface area contributed by atoms with Crippen LogP contribution in [-0.2, 0) is 17.8 Å². The fourth-order valence-electron chi connectivity index (χ4n) is 4.12. The van der Waals surface area contributed by atoms with E-state index in [0.29, 0.717) is 12.6 Å². The summed E-state index contributed by atoms with van der Waals surface area (Å²) in [7, 11) is 4.15. The van der Waals surface area contributed by atoms with Gasteiger partial charge in [-0.15, -0.1) is 0 Å². The van der Waals surface area contributed by atoms with E-state index < -0.39 is 0 Å². The average Bonchev–Trinajstić information content (AvgIpc) is 2.57. The van der Waals surface area contributed by atoms with E-state index in [1.54, 1.807) is 0 Å². The van der Waals surface area contributed by atoms with Crippen LogP contribution in [0.3, 0.4) is 0 Å². The van der Waals surface area contributed by atoms with E-state index in [-0.39, 0.29) is 5.91 Å². The van der Waals surface area contributed by atoms with E-state index in [9.17, 15) is 4.79 Å². The molecule has 2 aliphatic heterocycles. The summed E-state index contributed by atoms with van der Waals surface area (Å²) in [5, 5.41) is 0. The molecule has 0 bridgehead atoms. The van der Waals surface area contributed by atoms with Crippen molar-refractivity contribution in [2.24, 2.45) is 0 Å². The number of fused-ring (bicyclic) bond motifs is 1. The molecular formula is C21H33N3O. The summed E-state index contributed by atoms with van der Waals surface area (Å²) >= 11 is 0. The Bertz CT molecular complexity index is 566. The number of amides is 1. The molecule has 1 fully saturated rings. The Kier molecular flexibility index (Phi) is 6.49. The van der Waals surface area contributed by atoms with Crippen molar-refractivity contribution in [2.75, 3.05) is 40.3 Å². The van der Waals surface area contributed by atoms with E-state index in [2.05, 4.69) is 41.1 Å². The van der Waals surface area contributed by atoms with Crippen molar-refractivity contribution in [1.82, 2.24) is 14.7 Å². The van der Waals surface area contributed by atoms with Gasteiger partial charge in [-0.1, -0.05) is 43.5 Å². The Morgan fingerprint density at radius 3 is 2.44 bits per heavy atom. The third-order valence-electron chi connectivity index (χ3n) is 5.83. The number of likely N-dealkylation sites (N-methyl/N-ethyl adjacent to an activating group) is 2. The molecule has 4 nitrogen and oxygen atoms in total. The second-order valence-corrected chi connectivity index (χ2v) is 7.86. The molecule has 1 amide bonds. The molecule has 25 heavy (non-hydrogen) atoms. The second-order valence-electron chi connectivity index (χ2n) is 7.86. The molecule has 0 unspecified atom stereocenters. The quantitative estimate of drug-likeness (QED) is 0.841. The minimum Gasteiger partial charge on any atom is -0.343 e. The summed E-state index contributed by atoms with van der Waals surface area (Å²) in [5.41, 5.74) is 2.87. The molecular weight excluding hydrogens is 310 g/mol. The van der Waals surface area contributed by atoms with Gasteiger partial charge in [0.25, 0.3) is 0 Å². The highest BCUT2D eigenvalue weighted by atomic mass is 16.2. The van der Waals surface area contributed by atoms with Crippen LogP contribution in [-0.4, -0.2) is 66.9 Å². The molecule has 0 radical (unpaired) electrons. The summed E-state index contributed by atoms with van der Waals surface area (Å²) in [6.45, 7) is 4.54. The van der Waals surface area contributed by atoms with Gasteiger partial charge in [0.1, 0.15) is 0 Å². The molecule has 2 aliphatic rings. The summed E-state index contributed by atoms with van der Waals surface area (Å²) in [4.78, 5) is 19.4. The van der Waals surface area contributed by atoms with Crippen molar-refractivity contribution in [2.45, 2.75) is 51.1 Å². The molecule has 3 rings (SSSR count). The van der Waals surface area contributed by atoms with Crippen LogP contribution in [0.15, 0.2) is 24.3 Å². The Hall–Kier alpha value is -1.39. The highest BCUT2D eigenvalue weighted by Gasteiger charge is 2.26. The van der Waals surface area contributed by atoms with Gasteiger partial charge in [-0.05, 0) is 50.5 Å². The number of benzene rings is 1. The molecule has 138 valence electrons. The zero-order chi connectivity index (χ0) is 17.6. The molecule has 2 heterocycles. The first-order valence-corrected chi connectivity index (χ1v) is 9.87. The maximum absolute atomic E-state index is 12.7. The van der Waals surface area contributed by atoms with Gasteiger partial charge in [0.2, 0.25) is 5.91 Å². The third kappa shape index (κ3) is 5.05. The van der Waals surface area contributed by atoms with Crippen LogP contribution in [0.4, 0.5) is 0 Å². The van der Waals surface area contributed by atoms with Crippen LogP contribution in [0.5, 0.6) is 0 Å². The number of likely N-dealkylation sites (tertiary alicyclic amines) is 1. The zero-order valence-electron chi connectivity index (χ0n) is 15.9. The maximum atomic E-state index is 12.7. The van der Waals surface area contributed by atoms with E-state index in [0.717, 1.165) is 32.6 Å². The van der Waals surface area contributed by atoms with Crippen molar-refractivity contribution in [1.29, 1.82) is 0 Å². The predicted octanol–water partition coefficient (Wildman–Crippen LogP) is 2.77. The minimum absolute atomic E-state index is 0.271. The Morgan fingerprint density at radius 2 is 1.72 bits per heavy atom. The zero-order valence-corrected chi connectivity index (χ0v) is 15.9. The van der Waals surface area contributed by atoms with Gasteiger partial charge in [0.15, 0.2) is 0 Å². The lowest BCUT2D eigenvalue weighted by atomic mass is 9.94. The smallest absolute Gasteiger partial charge is 0.236 e. The Morgan fingerprint density at radius 1 is 1.08 bits per heavy atom. The van der Waals surface area contributed by atoms with Crippen molar-refractivity contribution in [3.63, 3.8) is 0 Å². The first-order valence-electron chi connectivity index (χ1n) is 9.87. The van der Waals surface area contributed by atoms with Crippen LogP contribution in [0.25, 0.3) is 0 Å². The van der Waals surface area contributed by atoms with Gasteiger partial charge in [0, 0.05) is 26.2 Å². The lowest BCUT2D eigenvalue weighted by molar-refractivity contribution is -0.132. The molecule has 0 spiro atoms. The van der Waals surface area contributed by atoms with E-state index >= 15 is 0 Å². The van der Waals surface area contributed by atoms with Gasteiger partial charge < -0.3 is 4.90 Å². The molecule has 0 aliphatic carbocycles. The number of hydrogen-bond donors (Lipinski definition) is 0. The van der Waals surface area contributed by atoms with E-state index in [1.807, 2.05) is 11.9 Å². The van der Waals surface area contributed by atoms with Crippen molar-refractivity contribution in [3.8, 4) is 0 Å². The largest absolute Gasteiger partial charge is 0.343 e. The first-order chi connectivity index (χ1) is 12.1. The van der Waals surface area contributed by atoms with Gasteiger partial charge in [-0.3, -0.25) is 14.6 Å². The normalized spacial score (nSPS) is 22.7. The third-order valence-corrected chi connectivity index (χ3v) is 5.83. The molecule has 1 atom stereocenters. The van der Waals surface area contributed by atoms with Crippen molar-refractivity contribution >= 4 is 5.91 Å².